The van der Waals surface area contributed by atoms with Gasteiger partial charge in [0.2, 0.25) is 0 Å². The number of hydrogen-bond acceptors (Lipinski definition) is 6. The van der Waals surface area contributed by atoms with Gasteiger partial charge in [-0.1, -0.05) is 5.22 Å². The Kier molecular flexibility index (Phi) is 2.58. The van der Waals surface area contributed by atoms with E-state index in [0.29, 0.717) is 0 Å². The minimum atomic E-state index is 0.751. The Labute approximate surface area is 82.5 Å². The van der Waals surface area contributed by atoms with Gasteiger partial charge in [-0.3, -0.25) is 5.43 Å². The van der Waals surface area contributed by atoms with Gasteiger partial charge in [-0.25, -0.2) is 0 Å². The van der Waals surface area contributed by atoms with Crippen LogP contribution < -0.4 is 5.43 Å². The molecule has 2 heterocycles. The summed E-state index contributed by atoms with van der Waals surface area (Å²) in [7, 11) is 0. The molecule has 2 aromatic rings. The molecule has 5 nitrogen and oxygen atoms in total. The normalized spacial score (nSPS) is 10.8. The summed E-state index contributed by atoms with van der Waals surface area (Å²) in [5, 5.41) is 11.3. The summed E-state index contributed by atoms with van der Waals surface area (Å²) in [6.07, 6.45) is 3.34. The predicted molar refractivity (Wildman–Crippen MR) is 52.4 cm³/mol. The molecule has 0 amide bonds. The fourth-order valence-corrected chi connectivity index (χ4v) is 1.56. The van der Waals surface area contributed by atoms with Gasteiger partial charge < -0.3 is 0 Å². The van der Waals surface area contributed by atoms with Gasteiger partial charge in [-0.2, -0.15) is 8.75 Å². The Balaban J connectivity index is 1.93. The van der Waals surface area contributed by atoms with Crippen molar-refractivity contribution in [2.45, 2.75) is 0 Å². The van der Waals surface area contributed by atoms with Crippen molar-refractivity contribution < 1.29 is 0 Å². The maximum atomic E-state index is 3.91. The highest BCUT2D eigenvalue weighted by atomic mass is 32.1. The second-order valence-corrected chi connectivity index (χ2v) is 3.42. The largest absolute Gasteiger partial charge is 0.257 e. The summed E-state index contributed by atoms with van der Waals surface area (Å²) in [6.45, 7) is 0. The number of rotatable bonds is 3. The molecule has 66 valence electrons. The summed E-state index contributed by atoms with van der Waals surface area (Å²) in [4.78, 5) is 0. The van der Waals surface area contributed by atoms with Crippen molar-refractivity contribution in [2.24, 2.45) is 10.3 Å². The lowest BCUT2D eigenvalue weighted by atomic mass is 10.6. The molecule has 1 N–H and O–H groups in total. The molecule has 0 aliphatic carbocycles. The summed E-state index contributed by atoms with van der Waals surface area (Å²) in [5.74, 6) is 0. The Hall–Kier alpha value is -1.34. The van der Waals surface area contributed by atoms with E-state index in [4.69, 9.17) is 0 Å². The van der Waals surface area contributed by atoms with Crippen LogP contribution in [0.25, 0.3) is 0 Å². The smallest absolute Gasteiger partial charge is 0.118 e. The first-order valence-electron chi connectivity index (χ1n) is 3.40. The molecule has 0 radical (unpaired) electrons. The third-order valence-corrected chi connectivity index (χ3v) is 2.36. The van der Waals surface area contributed by atoms with Crippen LogP contribution in [0.1, 0.15) is 0 Å². The number of aromatic nitrogens is 2. The average Bonchev–Trinajstić information content (AvgIpc) is 2.75. The molecule has 0 bridgehead atoms. The van der Waals surface area contributed by atoms with Crippen LogP contribution >= 0.6 is 23.1 Å². The predicted octanol–water partition coefficient (Wildman–Crippen LogP) is 2.71. The average molecular weight is 211 g/mol. The Morgan fingerprint density at radius 3 is 2.69 bits per heavy atom. The van der Waals surface area contributed by atoms with E-state index in [2.05, 4.69) is 24.5 Å². The van der Waals surface area contributed by atoms with E-state index in [0.717, 1.165) is 11.4 Å². The van der Waals surface area contributed by atoms with E-state index in [1.165, 1.54) is 23.1 Å². The fraction of sp³-hybridized carbons (Fsp3) is 0. The molecule has 0 aliphatic heterocycles. The molecule has 13 heavy (non-hydrogen) atoms. The molecule has 2 rings (SSSR count). The van der Waals surface area contributed by atoms with Crippen LogP contribution in [0.3, 0.4) is 0 Å². The molecule has 0 aromatic carbocycles. The first kappa shape index (κ1) is 8.27. The lowest BCUT2D eigenvalue weighted by molar-refractivity contribution is 1.13. The summed E-state index contributed by atoms with van der Waals surface area (Å²) in [5.41, 5.74) is 4.34. The molecule has 0 spiro atoms. The van der Waals surface area contributed by atoms with Crippen molar-refractivity contribution in [3.8, 4) is 0 Å². The van der Waals surface area contributed by atoms with Crippen molar-refractivity contribution in [3.05, 3.63) is 23.2 Å². The van der Waals surface area contributed by atoms with Crippen molar-refractivity contribution in [1.82, 2.24) is 8.75 Å². The van der Waals surface area contributed by atoms with Crippen LogP contribution in [-0.4, -0.2) is 8.75 Å². The highest BCUT2D eigenvalue weighted by Crippen LogP contribution is 2.14. The van der Waals surface area contributed by atoms with E-state index in [-0.39, 0.29) is 0 Å². The molecular formula is C6H5N5S2. The Morgan fingerprint density at radius 1 is 1.15 bits per heavy atom. The summed E-state index contributed by atoms with van der Waals surface area (Å²) in [6, 6.07) is 0. The summed E-state index contributed by atoms with van der Waals surface area (Å²) >= 11 is 2.71. The molecule has 0 saturated heterocycles. The molecular weight excluding hydrogens is 206 g/mol. The van der Waals surface area contributed by atoms with E-state index >= 15 is 0 Å². The standard InChI is InChI=1S/C6H5N5S2/c1-5(3-12-7-1)9-11-10-6-2-8-13-4-6/h1-4H,(H,9,10). The monoisotopic (exact) mass is 211 g/mol. The molecule has 0 fully saturated rings. The van der Waals surface area contributed by atoms with Crippen LogP contribution in [0.4, 0.5) is 11.4 Å². The zero-order valence-corrected chi connectivity index (χ0v) is 8.05. The van der Waals surface area contributed by atoms with Gasteiger partial charge in [0.25, 0.3) is 0 Å². The Morgan fingerprint density at radius 2 is 2.00 bits per heavy atom. The first-order chi connectivity index (χ1) is 6.45. The number of nitrogens with one attached hydrogen (secondary N) is 1. The molecule has 0 unspecified atom stereocenters. The van der Waals surface area contributed by atoms with Crippen molar-refractivity contribution in [2.75, 3.05) is 5.43 Å². The third-order valence-electron chi connectivity index (χ3n) is 1.20. The molecule has 2 aromatic heterocycles. The van der Waals surface area contributed by atoms with Crippen LogP contribution in [0.2, 0.25) is 0 Å². The zero-order valence-electron chi connectivity index (χ0n) is 6.41. The highest BCUT2D eigenvalue weighted by molar-refractivity contribution is 7.04. The van der Waals surface area contributed by atoms with Crippen molar-refractivity contribution in [1.29, 1.82) is 0 Å². The lowest BCUT2D eigenvalue weighted by Gasteiger charge is -1.89. The van der Waals surface area contributed by atoms with Crippen LogP contribution in [0, 0.1) is 0 Å². The van der Waals surface area contributed by atoms with Gasteiger partial charge in [-0.15, -0.1) is 5.11 Å². The van der Waals surface area contributed by atoms with Gasteiger partial charge >= 0.3 is 0 Å². The first-order valence-corrected chi connectivity index (χ1v) is 5.08. The second-order valence-electron chi connectivity index (χ2n) is 2.11. The third kappa shape index (κ3) is 2.30. The van der Waals surface area contributed by atoms with Gasteiger partial charge in [0.05, 0.1) is 18.1 Å². The number of hydrogen-bond donors (Lipinski definition) is 1. The number of anilines is 1. The van der Waals surface area contributed by atoms with Gasteiger partial charge in [0.1, 0.15) is 5.69 Å². The highest BCUT2D eigenvalue weighted by Gasteiger charge is 1.90. The molecule has 0 aliphatic rings. The zero-order chi connectivity index (χ0) is 8.93. The maximum absolute atomic E-state index is 3.91. The SMILES string of the molecule is c1nscc1N=NNc1cnsc1. The lowest BCUT2D eigenvalue weighted by Crippen LogP contribution is -1.81. The molecule has 0 saturated carbocycles. The summed E-state index contributed by atoms with van der Waals surface area (Å²) < 4.78 is 7.79. The molecule has 7 heteroatoms. The van der Waals surface area contributed by atoms with Crippen molar-refractivity contribution >= 4 is 34.4 Å². The Bertz CT molecular complexity index is 366. The van der Waals surface area contributed by atoms with Gasteiger partial charge in [0, 0.05) is 10.8 Å². The van der Waals surface area contributed by atoms with Gasteiger partial charge in [-0.05, 0) is 23.1 Å². The second kappa shape index (κ2) is 4.06. The fourth-order valence-electron chi connectivity index (χ4n) is 0.649. The van der Waals surface area contributed by atoms with E-state index in [1.807, 2.05) is 10.8 Å². The quantitative estimate of drug-likeness (QED) is 0.627. The minimum Gasteiger partial charge on any atom is -0.257 e. The molecule has 0 atom stereocenters. The van der Waals surface area contributed by atoms with E-state index in [1.54, 1.807) is 12.4 Å². The minimum absolute atomic E-state index is 0.751. The van der Waals surface area contributed by atoms with Crippen LogP contribution in [0.15, 0.2) is 33.5 Å². The van der Waals surface area contributed by atoms with Crippen LogP contribution in [0.5, 0.6) is 0 Å². The van der Waals surface area contributed by atoms with E-state index in [9.17, 15) is 0 Å². The van der Waals surface area contributed by atoms with Gasteiger partial charge in [0.15, 0.2) is 0 Å². The van der Waals surface area contributed by atoms with Crippen molar-refractivity contribution in [3.63, 3.8) is 0 Å². The topological polar surface area (TPSA) is 62.5 Å². The number of nitrogens with zero attached hydrogens (tertiary/aromatic N) is 4. The van der Waals surface area contributed by atoms with Crippen LogP contribution in [-0.2, 0) is 0 Å². The maximum Gasteiger partial charge on any atom is 0.118 e. The van der Waals surface area contributed by atoms with E-state index < -0.39 is 0 Å².